The van der Waals surface area contributed by atoms with Crippen molar-refractivity contribution >= 4 is 22.0 Å². The summed E-state index contributed by atoms with van der Waals surface area (Å²) in [6, 6.07) is 10.2. The number of carbonyl (C=O) groups excluding carboxylic acids is 1. The number of aromatic nitrogens is 1. The van der Waals surface area contributed by atoms with Crippen molar-refractivity contribution in [3.63, 3.8) is 0 Å². The van der Waals surface area contributed by atoms with Gasteiger partial charge in [0.15, 0.2) is 0 Å². The third kappa shape index (κ3) is 4.73. The van der Waals surface area contributed by atoms with E-state index in [2.05, 4.69) is 31.4 Å². The summed E-state index contributed by atoms with van der Waals surface area (Å²) < 4.78 is 29.5. The second-order valence-corrected chi connectivity index (χ2v) is 9.56. The molecule has 0 radical (unpaired) electrons. The molecule has 0 bridgehead atoms. The minimum absolute atomic E-state index is 0.0135. The first-order valence-electron chi connectivity index (χ1n) is 10.4. The summed E-state index contributed by atoms with van der Waals surface area (Å²) in [6.45, 7) is 8.22. The molecular formula is C23H28N4O3S. The highest BCUT2D eigenvalue weighted by atomic mass is 32.2. The summed E-state index contributed by atoms with van der Waals surface area (Å²) in [6.07, 6.45) is 4.45. The molecule has 2 aromatic rings. The van der Waals surface area contributed by atoms with Gasteiger partial charge in [-0.1, -0.05) is 19.1 Å². The van der Waals surface area contributed by atoms with Crippen molar-refractivity contribution in [2.45, 2.75) is 38.6 Å². The van der Waals surface area contributed by atoms with Crippen LogP contribution in [0.5, 0.6) is 0 Å². The zero-order valence-electron chi connectivity index (χ0n) is 18.2. The summed E-state index contributed by atoms with van der Waals surface area (Å²) in [5.41, 5.74) is 3.46. The minimum atomic E-state index is -3.77. The Hall–Kier alpha value is -2.89. The van der Waals surface area contributed by atoms with Crippen molar-refractivity contribution in [1.29, 1.82) is 5.26 Å². The molecule has 1 aliphatic rings. The molecule has 3 rings (SSSR count). The molecule has 164 valence electrons. The monoisotopic (exact) mass is 440 g/mol. The average Bonchev–Trinajstić information content (AvgIpc) is 3.05. The molecule has 0 saturated carbocycles. The molecule has 0 spiro atoms. The molecule has 1 aliphatic heterocycles. The second kappa shape index (κ2) is 9.50. The fourth-order valence-corrected chi connectivity index (χ4v) is 5.47. The van der Waals surface area contributed by atoms with E-state index in [1.54, 1.807) is 23.1 Å². The van der Waals surface area contributed by atoms with Crippen molar-refractivity contribution in [3.8, 4) is 6.07 Å². The van der Waals surface area contributed by atoms with E-state index < -0.39 is 10.0 Å². The molecule has 0 N–H and O–H groups in total. The lowest BCUT2D eigenvalue weighted by Crippen LogP contribution is -2.50. The van der Waals surface area contributed by atoms with Gasteiger partial charge in [-0.25, -0.2) is 8.42 Å². The van der Waals surface area contributed by atoms with E-state index in [4.69, 9.17) is 0 Å². The number of hydrogen-bond acceptors (Lipinski definition) is 4. The summed E-state index contributed by atoms with van der Waals surface area (Å²) in [5.74, 6) is -0.130. The number of carbonyl (C=O) groups is 1. The third-order valence-electron chi connectivity index (χ3n) is 5.64. The van der Waals surface area contributed by atoms with E-state index in [-0.39, 0.29) is 29.5 Å². The lowest BCUT2D eigenvalue weighted by Gasteiger charge is -2.33. The fraction of sp³-hybridized carbons (Fsp3) is 0.391. The molecule has 8 heteroatoms. The number of piperazine rings is 1. The van der Waals surface area contributed by atoms with Gasteiger partial charge in [0.25, 0.3) is 0 Å². The molecule has 1 amide bonds. The Balaban J connectivity index is 1.66. The van der Waals surface area contributed by atoms with Crippen LogP contribution in [0.4, 0.5) is 0 Å². The summed E-state index contributed by atoms with van der Waals surface area (Å²) in [4.78, 5) is 14.3. The van der Waals surface area contributed by atoms with Gasteiger partial charge in [-0.3, -0.25) is 4.79 Å². The number of aryl methyl sites for hydroxylation is 1. The molecule has 1 aromatic carbocycles. The number of amides is 1. The Kier molecular flexibility index (Phi) is 6.98. The largest absolute Gasteiger partial charge is 0.349 e. The zero-order valence-corrected chi connectivity index (χ0v) is 19.0. The molecule has 2 heterocycles. The molecule has 31 heavy (non-hydrogen) atoms. The van der Waals surface area contributed by atoms with E-state index in [9.17, 15) is 18.5 Å². The predicted molar refractivity (Wildman–Crippen MR) is 120 cm³/mol. The van der Waals surface area contributed by atoms with Gasteiger partial charge in [0.2, 0.25) is 15.9 Å². The lowest BCUT2D eigenvalue weighted by atomic mass is 10.2. The van der Waals surface area contributed by atoms with E-state index in [0.717, 1.165) is 24.2 Å². The van der Waals surface area contributed by atoms with Crippen LogP contribution in [-0.2, 0) is 21.4 Å². The van der Waals surface area contributed by atoms with Crippen LogP contribution in [0, 0.1) is 25.2 Å². The third-order valence-corrected chi connectivity index (χ3v) is 7.60. The summed E-state index contributed by atoms with van der Waals surface area (Å²) >= 11 is 0. The fourth-order valence-electron chi connectivity index (χ4n) is 3.90. The van der Waals surface area contributed by atoms with Crippen molar-refractivity contribution in [1.82, 2.24) is 13.8 Å². The van der Waals surface area contributed by atoms with E-state index in [1.165, 1.54) is 22.1 Å². The number of benzene rings is 1. The molecule has 0 atom stereocenters. The molecule has 1 aromatic heterocycles. The van der Waals surface area contributed by atoms with Gasteiger partial charge in [0.05, 0.1) is 10.5 Å². The Morgan fingerprint density at radius 1 is 1.16 bits per heavy atom. The van der Waals surface area contributed by atoms with Gasteiger partial charge in [-0.05, 0) is 50.1 Å². The minimum Gasteiger partial charge on any atom is -0.349 e. The molecule has 1 saturated heterocycles. The van der Waals surface area contributed by atoms with Crippen molar-refractivity contribution in [2.24, 2.45) is 0 Å². The van der Waals surface area contributed by atoms with Gasteiger partial charge in [-0.15, -0.1) is 0 Å². The average molecular weight is 441 g/mol. The van der Waals surface area contributed by atoms with Crippen LogP contribution in [0.2, 0.25) is 0 Å². The Bertz CT molecular complexity index is 1130. The van der Waals surface area contributed by atoms with Gasteiger partial charge in [-0.2, -0.15) is 9.57 Å². The maximum atomic E-state index is 12.9. The maximum absolute atomic E-state index is 12.9. The Labute approximate surface area is 184 Å². The topological polar surface area (TPSA) is 86.4 Å². The highest BCUT2D eigenvalue weighted by Crippen LogP contribution is 2.21. The standard InChI is InChI=1S/C23H28N4O3S/c1-4-11-27-18(2)16-20(19(27)3)9-10-23(28)25-12-14-26(15-13-25)31(29,30)22-8-6-5-7-21(22)17-24/h5-10,16H,4,11-15H2,1-3H3/b10-9+. The van der Waals surface area contributed by atoms with Crippen LogP contribution in [-0.4, -0.2) is 54.3 Å². The Morgan fingerprint density at radius 3 is 2.48 bits per heavy atom. The van der Waals surface area contributed by atoms with Crippen LogP contribution in [0.25, 0.3) is 6.08 Å². The van der Waals surface area contributed by atoms with Crippen molar-refractivity contribution in [2.75, 3.05) is 26.2 Å². The number of hydrogen-bond donors (Lipinski definition) is 0. The second-order valence-electron chi connectivity index (χ2n) is 7.65. The number of rotatable bonds is 6. The number of nitrogens with zero attached hydrogens (tertiary/aromatic N) is 4. The summed E-state index contributed by atoms with van der Waals surface area (Å²) in [5, 5.41) is 9.22. The zero-order chi connectivity index (χ0) is 22.6. The van der Waals surface area contributed by atoms with Gasteiger partial charge in [0.1, 0.15) is 6.07 Å². The van der Waals surface area contributed by atoms with Crippen LogP contribution in [0.1, 0.15) is 35.9 Å². The van der Waals surface area contributed by atoms with Crippen LogP contribution >= 0.6 is 0 Å². The smallest absolute Gasteiger partial charge is 0.246 e. The highest BCUT2D eigenvalue weighted by Gasteiger charge is 2.31. The van der Waals surface area contributed by atoms with Crippen LogP contribution in [0.3, 0.4) is 0 Å². The van der Waals surface area contributed by atoms with E-state index in [0.29, 0.717) is 13.1 Å². The molecule has 7 nitrogen and oxygen atoms in total. The Morgan fingerprint density at radius 2 is 1.84 bits per heavy atom. The lowest BCUT2D eigenvalue weighted by molar-refractivity contribution is -0.127. The van der Waals surface area contributed by atoms with Crippen LogP contribution in [0.15, 0.2) is 41.3 Å². The summed E-state index contributed by atoms with van der Waals surface area (Å²) in [7, 11) is -3.77. The molecular weight excluding hydrogens is 412 g/mol. The number of sulfonamides is 1. The molecule has 0 unspecified atom stereocenters. The quantitative estimate of drug-likeness (QED) is 0.647. The number of nitriles is 1. The molecule has 1 fully saturated rings. The molecule has 0 aliphatic carbocycles. The van der Waals surface area contributed by atoms with E-state index in [1.807, 2.05) is 12.1 Å². The van der Waals surface area contributed by atoms with Crippen LogP contribution < -0.4 is 0 Å². The van der Waals surface area contributed by atoms with Gasteiger partial charge < -0.3 is 9.47 Å². The van der Waals surface area contributed by atoms with Crippen molar-refractivity contribution in [3.05, 3.63) is 58.9 Å². The van der Waals surface area contributed by atoms with Gasteiger partial charge in [0, 0.05) is 50.2 Å². The van der Waals surface area contributed by atoms with Gasteiger partial charge >= 0.3 is 0 Å². The SMILES string of the molecule is CCCn1c(C)cc(/C=C/C(=O)N2CCN(S(=O)(=O)c3ccccc3C#N)CC2)c1C. The highest BCUT2D eigenvalue weighted by molar-refractivity contribution is 7.89. The first-order valence-corrected chi connectivity index (χ1v) is 11.9. The van der Waals surface area contributed by atoms with Crippen molar-refractivity contribution < 1.29 is 13.2 Å². The maximum Gasteiger partial charge on any atom is 0.246 e. The normalized spacial score (nSPS) is 15.4. The first kappa shape index (κ1) is 22.8. The predicted octanol–water partition coefficient (Wildman–Crippen LogP) is 2.93. The van der Waals surface area contributed by atoms with E-state index >= 15 is 0 Å². The first-order chi connectivity index (χ1) is 14.8.